The molecule has 108 valence electrons. The Bertz CT molecular complexity index is 702. The lowest BCUT2D eigenvalue weighted by atomic mass is 10.2. The van der Waals surface area contributed by atoms with Gasteiger partial charge >= 0.3 is 5.97 Å². The third-order valence-electron chi connectivity index (χ3n) is 2.69. The Morgan fingerprint density at radius 3 is 2.71 bits per heavy atom. The van der Waals surface area contributed by atoms with Gasteiger partial charge in [0.2, 0.25) is 0 Å². The van der Waals surface area contributed by atoms with Gasteiger partial charge < -0.3 is 9.84 Å². The van der Waals surface area contributed by atoms with E-state index in [0.29, 0.717) is 11.3 Å². The molecule has 21 heavy (non-hydrogen) atoms. The summed E-state index contributed by atoms with van der Waals surface area (Å²) in [5.74, 6) is -0.603. The summed E-state index contributed by atoms with van der Waals surface area (Å²) >= 11 is 2.03. The van der Waals surface area contributed by atoms with Gasteiger partial charge in [0.15, 0.2) is 0 Å². The Balaban J connectivity index is 2.16. The predicted molar refractivity (Wildman–Crippen MR) is 83.5 cm³/mol. The van der Waals surface area contributed by atoms with Gasteiger partial charge in [-0.2, -0.15) is 0 Å². The molecule has 0 amide bonds. The van der Waals surface area contributed by atoms with Gasteiger partial charge in [-0.3, -0.25) is 10.1 Å². The summed E-state index contributed by atoms with van der Waals surface area (Å²) in [6.07, 6.45) is 0. The highest BCUT2D eigenvalue weighted by molar-refractivity contribution is 14.1. The Morgan fingerprint density at radius 2 is 2.05 bits per heavy atom. The molecule has 0 heterocycles. The van der Waals surface area contributed by atoms with Crippen LogP contribution in [0.1, 0.15) is 15.9 Å². The molecule has 0 aliphatic heterocycles. The number of hydrogen-bond donors (Lipinski definition) is 1. The zero-order valence-electron chi connectivity index (χ0n) is 10.7. The number of aromatic carboxylic acids is 1. The first-order chi connectivity index (χ1) is 9.97. The molecule has 0 bridgehead atoms. The summed E-state index contributed by atoms with van der Waals surface area (Å²) in [4.78, 5) is 21.2. The van der Waals surface area contributed by atoms with Crippen LogP contribution >= 0.6 is 22.6 Å². The van der Waals surface area contributed by atoms with Crippen molar-refractivity contribution < 1.29 is 19.6 Å². The number of nitro groups is 1. The van der Waals surface area contributed by atoms with Gasteiger partial charge in [0.05, 0.1) is 14.1 Å². The molecule has 2 aromatic rings. The molecule has 0 fully saturated rings. The molecular formula is C14H10INO5. The molecule has 0 saturated carbocycles. The van der Waals surface area contributed by atoms with E-state index in [1.807, 2.05) is 22.6 Å². The van der Waals surface area contributed by atoms with Gasteiger partial charge in [-0.05, 0) is 46.4 Å². The van der Waals surface area contributed by atoms with E-state index in [0.717, 1.165) is 3.57 Å². The summed E-state index contributed by atoms with van der Waals surface area (Å²) in [6, 6.07) is 10.7. The van der Waals surface area contributed by atoms with Crippen molar-refractivity contribution in [1.82, 2.24) is 0 Å². The topological polar surface area (TPSA) is 89.7 Å². The average Bonchev–Trinajstić information content (AvgIpc) is 2.46. The first kappa shape index (κ1) is 15.2. The van der Waals surface area contributed by atoms with E-state index in [2.05, 4.69) is 0 Å². The van der Waals surface area contributed by atoms with E-state index in [1.165, 1.54) is 24.3 Å². The number of carboxylic acid groups (broad SMARTS) is 1. The maximum absolute atomic E-state index is 10.9. The quantitative estimate of drug-likeness (QED) is 0.473. The number of non-ortho nitro benzene ring substituents is 1. The van der Waals surface area contributed by atoms with E-state index < -0.39 is 10.9 Å². The minimum absolute atomic E-state index is 0.00918. The largest absolute Gasteiger partial charge is 0.488 e. The minimum atomic E-state index is -1.04. The van der Waals surface area contributed by atoms with Crippen LogP contribution in [0.2, 0.25) is 0 Å². The van der Waals surface area contributed by atoms with Crippen molar-refractivity contribution in [3.05, 3.63) is 67.3 Å². The van der Waals surface area contributed by atoms with Crippen molar-refractivity contribution in [2.45, 2.75) is 6.61 Å². The maximum atomic E-state index is 10.9. The highest BCUT2D eigenvalue weighted by Gasteiger charge is 2.10. The van der Waals surface area contributed by atoms with Crippen LogP contribution in [0.25, 0.3) is 0 Å². The number of carbonyl (C=O) groups is 1. The smallest absolute Gasteiger partial charge is 0.335 e. The third-order valence-corrected chi connectivity index (χ3v) is 3.59. The summed E-state index contributed by atoms with van der Waals surface area (Å²) in [5, 5.41) is 19.6. The summed E-state index contributed by atoms with van der Waals surface area (Å²) in [6.45, 7) is 0.126. The highest BCUT2D eigenvalue weighted by atomic mass is 127. The number of hydrogen-bond acceptors (Lipinski definition) is 4. The van der Waals surface area contributed by atoms with Crippen molar-refractivity contribution in [2.75, 3.05) is 0 Å². The second kappa shape index (κ2) is 6.53. The molecule has 0 radical (unpaired) electrons. The van der Waals surface area contributed by atoms with Gasteiger partial charge in [-0.15, -0.1) is 0 Å². The van der Waals surface area contributed by atoms with Crippen LogP contribution in [-0.4, -0.2) is 16.0 Å². The fraction of sp³-hybridized carbons (Fsp3) is 0.0714. The monoisotopic (exact) mass is 399 g/mol. The lowest BCUT2D eigenvalue weighted by Gasteiger charge is -2.09. The fourth-order valence-corrected chi connectivity index (χ4v) is 2.16. The van der Waals surface area contributed by atoms with Crippen molar-refractivity contribution in [2.24, 2.45) is 0 Å². The molecule has 7 heteroatoms. The molecule has 2 rings (SSSR count). The van der Waals surface area contributed by atoms with Gasteiger partial charge in [0, 0.05) is 12.1 Å². The van der Waals surface area contributed by atoms with Crippen molar-refractivity contribution in [3.63, 3.8) is 0 Å². The first-order valence-electron chi connectivity index (χ1n) is 5.86. The summed E-state index contributed by atoms with van der Waals surface area (Å²) < 4.78 is 6.32. The van der Waals surface area contributed by atoms with Gasteiger partial charge in [0.25, 0.3) is 5.69 Å². The van der Waals surface area contributed by atoms with Gasteiger partial charge in [0.1, 0.15) is 12.4 Å². The van der Waals surface area contributed by atoms with Crippen LogP contribution in [0.15, 0.2) is 42.5 Å². The predicted octanol–water partition coefficient (Wildman–Crippen LogP) is 3.48. The molecule has 0 spiro atoms. The normalized spacial score (nSPS) is 10.1. The Labute approximate surface area is 133 Å². The molecule has 0 aliphatic rings. The van der Waals surface area contributed by atoms with Crippen LogP contribution in [0.4, 0.5) is 5.69 Å². The van der Waals surface area contributed by atoms with E-state index in [9.17, 15) is 14.9 Å². The molecule has 0 unspecified atom stereocenters. The van der Waals surface area contributed by atoms with Crippen molar-refractivity contribution in [1.29, 1.82) is 0 Å². The zero-order valence-corrected chi connectivity index (χ0v) is 12.8. The lowest BCUT2D eigenvalue weighted by molar-refractivity contribution is -0.384. The van der Waals surface area contributed by atoms with Crippen LogP contribution in [-0.2, 0) is 6.61 Å². The number of nitro benzene ring substituents is 1. The number of rotatable bonds is 5. The van der Waals surface area contributed by atoms with E-state index in [4.69, 9.17) is 9.84 Å². The molecule has 6 nitrogen and oxygen atoms in total. The Hall–Kier alpha value is -2.16. The van der Waals surface area contributed by atoms with E-state index in [-0.39, 0.29) is 17.9 Å². The number of nitrogens with zero attached hydrogens (tertiary/aromatic N) is 1. The van der Waals surface area contributed by atoms with Crippen LogP contribution in [0.3, 0.4) is 0 Å². The molecule has 0 aliphatic carbocycles. The zero-order chi connectivity index (χ0) is 15.4. The number of ether oxygens (including phenoxy) is 1. The second-order valence-corrected chi connectivity index (χ2v) is 5.33. The molecule has 1 N–H and O–H groups in total. The fourth-order valence-electron chi connectivity index (χ4n) is 1.67. The van der Waals surface area contributed by atoms with Gasteiger partial charge in [-0.1, -0.05) is 12.1 Å². The van der Waals surface area contributed by atoms with Crippen molar-refractivity contribution in [3.8, 4) is 5.75 Å². The highest BCUT2D eigenvalue weighted by Crippen LogP contribution is 2.24. The van der Waals surface area contributed by atoms with Crippen LogP contribution < -0.4 is 4.74 Å². The van der Waals surface area contributed by atoms with Crippen LogP contribution in [0.5, 0.6) is 5.75 Å². The number of benzene rings is 2. The summed E-state index contributed by atoms with van der Waals surface area (Å²) in [5.41, 5.74) is 0.760. The third kappa shape index (κ3) is 3.91. The summed E-state index contributed by atoms with van der Waals surface area (Å²) in [7, 11) is 0. The van der Waals surface area contributed by atoms with Gasteiger partial charge in [-0.25, -0.2) is 4.79 Å². The maximum Gasteiger partial charge on any atom is 0.335 e. The first-order valence-corrected chi connectivity index (χ1v) is 6.94. The van der Waals surface area contributed by atoms with E-state index >= 15 is 0 Å². The molecule has 0 aromatic heterocycles. The average molecular weight is 399 g/mol. The molecule has 0 atom stereocenters. The van der Waals surface area contributed by atoms with Crippen molar-refractivity contribution >= 4 is 34.2 Å². The molecule has 2 aromatic carbocycles. The lowest BCUT2D eigenvalue weighted by Crippen LogP contribution is -2.01. The van der Waals surface area contributed by atoms with Crippen LogP contribution in [0, 0.1) is 13.7 Å². The molecule has 0 saturated heterocycles. The number of halogens is 1. The standard InChI is InChI=1S/C14H10INO5/c15-12-5-4-10(14(17)18)7-13(12)21-8-9-2-1-3-11(6-9)16(19)20/h1-7H,8H2,(H,17,18). The minimum Gasteiger partial charge on any atom is -0.488 e. The Morgan fingerprint density at radius 1 is 1.29 bits per heavy atom. The Kier molecular flexibility index (Phi) is 4.73. The van der Waals surface area contributed by atoms with E-state index in [1.54, 1.807) is 18.2 Å². The SMILES string of the molecule is O=C(O)c1ccc(I)c(OCc2cccc([N+](=O)[O-])c2)c1. The second-order valence-electron chi connectivity index (χ2n) is 4.17. The number of carboxylic acids is 1. The molecular weight excluding hydrogens is 389 g/mol.